The first-order chi connectivity index (χ1) is 8.34. The van der Waals surface area contributed by atoms with Crippen molar-refractivity contribution in [2.45, 2.75) is 26.2 Å². The molecule has 17 heavy (non-hydrogen) atoms. The number of H-pyrrole nitrogens is 1. The molecule has 0 radical (unpaired) electrons. The van der Waals surface area contributed by atoms with Crippen molar-refractivity contribution in [2.24, 2.45) is 0 Å². The van der Waals surface area contributed by atoms with Crippen molar-refractivity contribution in [1.82, 2.24) is 9.97 Å². The van der Waals surface area contributed by atoms with Crippen LogP contribution in [0.15, 0.2) is 42.9 Å². The van der Waals surface area contributed by atoms with Gasteiger partial charge in [0.2, 0.25) is 0 Å². The summed E-state index contributed by atoms with van der Waals surface area (Å²) in [6.45, 7) is 2.12. The van der Waals surface area contributed by atoms with Crippen LogP contribution >= 0.6 is 0 Å². The van der Waals surface area contributed by atoms with Crippen LogP contribution in [0.25, 0.3) is 6.08 Å². The van der Waals surface area contributed by atoms with Gasteiger partial charge in [0.05, 0.1) is 18.2 Å². The number of imidazole rings is 1. The van der Waals surface area contributed by atoms with E-state index in [1.54, 1.807) is 6.33 Å². The normalized spacial score (nSPS) is 11.1. The molecule has 88 valence electrons. The third-order valence-electron chi connectivity index (χ3n) is 2.77. The molecule has 2 nitrogen and oxygen atoms in total. The monoisotopic (exact) mass is 226 g/mol. The van der Waals surface area contributed by atoms with E-state index in [0.29, 0.717) is 0 Å². The Morgan fingerprint density at radius 3 is 2.76 bits per heavy atom. The third-order valence-corrected chi connectivity index (χ3v) is 2.77. The SMILES string of the molecule is Cc1ccc(CCC/C=C/c2cnc[nH]2)cc1. The molecule has 0 bridgehead atoms. The van der Waals surface area contributed by atoms with Crippen LogP contribution in [0, 0.1) is 6.92 Å². The van der Waals surface area contributed by atoms with Gasteiger partial charge in [-0.15, -0.1) is 0 Å². The van der Waals surface area contributed by atoms with Gasteiger partial charge in [0.1, 0.15) is 0 Å². The largest absolute Gasteiger partial charge is 0.345 e. The van der Waals surface area contributed by atoms with E-state index in [4.69, 9.17) is 0 Å². The molecule has 0 atom stereocenters. The van der Waals surface area contributed by atoms with E-state index in [9.17, 15) is 0 Å². The van der Waals surface area contributed by atoms with Gasteiger partial charge in [-0.1, -0.05) is 35.9 Å². The second-order valence-corrected chi connectivity index (χ2v) is 4.29. The second-order valence-electron chi connectivity index (χ2n) is 4.29. The van der Waals surface area contributed by atoms with Gasteiger partial charge in [-0.05, 0) is 37.8 Å². The zero-order valence-electron chi connectivity index (χ0n) is 10.2. The van der Waals surface area contributed by atoms with Crippen molar-refractivity contribution in [3.8, 4) is 0 Å². The fraction of sp³-hybridized carbons (Fsp3) is 0.267. The number of hydrogen-bond acceptors (Lipinski definition) is 1. The highest BCUT2D eigenvalue weighted by atomic mass is 14.8. The van der Waals surface area contributed by atoms with E-state index in [2.05, 4.69) is 53.3 Å². The number of aromatic amines is 1. The average Bonchev–Trinajstić information content (AvgIpc) is 2.84. The van der Waals surface area contributed by atoms with E-state index in [-0.39, 0.29) is 0 Å². The highest BCUT2D eigenvalue weighted by Gasteiger charge is 1.92. The fourth-order valence-corrected chi connectivity index (χ4v) is 1.75. The molecule has 0 amide bonds. The zero-order valence-corrected chi connectivity index (χ0v) is 10.2. The molecule has 1 heterocycles. The summed E-state index contributed by atoms with van der Waals surface area (Å²) in [5.74, 6) is 0. The summed E-state index contributed by atoms with van der Waals surface area (Å²) in [6, 6.07) is 8.79. The standard InChI is InChI=1S/C15H18N2/c1-13-7-9-14(10-8-13)5-3-2-4-6-15-11-16-12-17-15/h4,6-12H,2-3,5H2,1H3,(H,16,17)/b6-4+. The molecule has 0 saturated heterocycles. The molecular formula is C15H18N2. The maximum absolute atomic E-state index is 3.97. The molecule has 0 fully saturated rings. The van der Waals surface area contributed by atoms with Crippen LogP contribution in [0.4, 0.5) is 0 Å². The van der Waals surface area contributed by atoms with Crippen molar-refractivity contribution in [1.29, 1.82) is 0 Å². The Balaban J connectivity index is 1.71. The van der Waals surface area contributed by atoms with Crippen molar-refractivity contribution in [3.05, 3.63) is 59.7 Å². The van der Waals surface area contributed by atoms with Crippen LogP contribution in [0.1, 0.15) is 29.7 Å². The van der Waals surface area contributed by atoms with Gasteiger partial charge in [-0.3, -0.25) is 0 Å². The summed E-state index contributed by atoms with van der Waals surface area (Å²) < 4.78 is 0. The summed E-state index contributed by atoms with van der Waals surface area (Å²) in [4.78, 5) is 7.02. The van der Waals surface area contributed by atoms with Gasteiger partial charge in [-0.25, -0.2) is 4.98 Å². The van der Waals surface area contributed by atoms with E-state index in [1.807, 2.05) is 6.20 Å². The number of rotatable bonds is 5. The van der Waals surface area contributed by atoms with E-state index < -0.39 is 0 Å². The lowest BCUT2D eigenvalue weighted by atomic mass is 10.1. The number of allylic oxidation sites excluding steroid dienone is 1. The Kier molecular flexibility index (Phi) is 4.14. The van der Waals surface area contributed by atoms with Crippen LogP contribution in [-0.4, -0.2) is 9.97 Å². The van der Waals surface area contributed by atoms with Gasteiger partial charge in [-0.2, -0.15) is 0 Å². The first kappa shape index (κ1) is 11.6. The first-order valence-electron chi connectivity index (χ1n) is 6.05. The Morgan fingerprint density at radius 1 is 1.24 bits per heavy atom. The smallest absolute Gasteiger partial charge is 0.0924 e. The van der Waals surface area contributed by atoms with Gasteiger partial charge in [0.15, 0.2) is 0 Å². The van der Waals surface area contributed by atoms with Crippen molar-refractivity contribution < 1.29 is 0 Å². The number of aryl methyl sites for hydroxylation is 2. The number of hydrogen-bond donors (Lipinski definition) is 1. The lowest BCUT2D eigenvalue weighted by Gasteiger charge is -1.99. The average molecular weight is 226 g/mol. The van der Waals surface area contributed by atoms with Crippen LogP contribution < -0.4 is 0 Å². The fourth-order valence-electron chi connectivity index (χ4n) is 1.75. The van der Waals surface area contributed by atoms with Crippen molar-refractivity contribution in [3.63, 3.8) is 0 Å². The minimum absolute atomic E-state index is 1.07. The molecule has 2 heteroatoms. The third kappa shape index (κ3) is 3.91. The van der Waals surface area contributed by atoms with Crippen molar-refractivity contribution >= 4 is 6.08 Å². The molecule has 0 unspecified atom stereocenters. The molecule has 2 aromatic rings. The highest BCUT2D eigenvalue weighted by Crippen LogP contribution is 2.08. The van der Waals surface area contributed by atoms with Gasteiger partial charge < -0.3 is 4.98 Å². The number of nitrogens with one attached hydrogen (secondary N) is 1. The molecule has 0 spiro atoms. The molecule has 0 aliphatic carbocycles. The Bertz CT molecular complexity index is 452. The molecule has 1 aromatic carbocycles. The highest BCUT2D eigenvalue weighted by molar-refractivity contribution is 5.42. The topological polar surface area (TPSA) is 28.7 Å². The second kappa shape index (κ2) is 6.04. The Labute approximate surface area is 102 Å². The Morgan fingerprint density at radius 2 is 2.06 bits per heavy atom. The number of nitrogens with zero attached hydrogens (tertiary/aromatic N) is 1. The van der Waals surface area contributed by atoms with E-state index in [0.717, 1.165) is 18.5 Å². The van der Waals surface area contributed by atoms with Gasteiger partial charge in [0, 0.05) is 0 Å². The van der Waals surface area contributed by atoms with Crippen molar-refractivity contribution in [2.75, 3.05) is 0 Å². The molecule has 0 aliphatic rings. The summed E-state index contributed by atoms with van der Waals surface area (Å²) in [5.41, 5.74) is 3.82. The molecule has 1 aromatic heterocycles. The molecule has 0 aliphatic heterocycles. The summed E-state index contributed by atoms with van der Waals surface area (Å²) in [6.07, 6.45) is 11.3. The maximum Gasteiger partial charge on any atom is 0.0924 e. The predicted molar refractivity (Wildman–Crippen MR) is 71.7 cm³/mol. The quantitative estimate of drug-likeness (QED) is 0.773. The number of benzene rings is 1. The minimum Gasteiger partial charge on any atom is -0.345 e. The van der Waals surface area contributed by atoms with E-state index in [1.165, 1.54) is 17.5 Å². The van der Waals surface area contributed by atoms with Crippen LogP contribution in [0.5, 0.6) is 0 Å². The van der Waals surface area contributed by atoms with Gasteiger partial charge >= 0.3 is 0 Å². The first-order valence-corrected chi connectivity index (χ1v) is 6.05. The van der Waals surface area contributed by atoms with E-state index >= 15 is 0 Å². The van der Waals surface area contributed by atoms with Gasteiger partial charge in [0.25, 0.3) is 0 Å². The molecular weight excluding hydrogens is 208 g/mol. The number of unbranched alkanes of at least 4 members (excludes halogenated alkanes) is 1. The summed E-state index contributed by atoms with van der Waals surface area (Å²) >= 11 is 0. The maximum atomic E-state index is 3.97. The summed E-state index contributed by atoms with van der Waals surface area (Å²) in [7, 11) is 0. The lowest BCUT2D eigenvalue weighted by Crippen LogP contribution is -1.84. The Hall–Kier alpha value is -1.83. The van der Waals surface area contributed by atoms with Crippen LogP contribution in [-0.2, 0) is 6.42 Å². The molecule has 2 rings (SSSR count). The summed E-state index contributed by atoms with van der Waals surface area (Å²) in [5, 5.41) is 0. The predicted octanol–water partition coefficient (Wildman–Crippen LogP) is 3.75. The van der Waals surface area contributed by atoms with Crippen LogP contribution in [0.2, 0.25) is 0 Å². The number of aromatic nitrogens is 2. The molecule has 0 saturated carbocycles. The molecule has 1 N–H and O–H groups in total. The minimum atomic E-state index is 1.07. The lowest BCUT2D eigenvalue weighted by molar-refractivity contribution is 0.844. The zero-order chi connectivity index (χ0) is 11.9. The van der Waals surface area contributed by atoms with Crippen LogP contribution in [0.3, 0.4) is 0 Å².